The zero-order chi connectivity index (χ0) is 22.0. The Morgan fingerprint density at radius 3 is 2.77 bits per heavy atom. The topological polar surface area (TPSA) is 49.8 Å². The molecule has 1 N–H and O–H groups in total. The van der Waals surface area contributed by atoms with Crippen LogP contribution in [0.15, 0.2) is 54.6 Å². The molecule has 160 valence electrons. The number of ether oxygens (including phenoxy) is 1. The summed E-state index contributed by atoms with van der Waals surface area (Å²) in [5.74, 6) is -0.614. The fraction of sp³-hybridized carbons (Fsp3) is 0.240. The first-order valence-corrected chi connectivity index (χ1v) is 10.6. The molecule has 0 bridgehead atoms. The van der Waals surface area contributed by atoms with Gasteiger partial charge in [-0.1, -0.05) is 41.4 Å². The second-order valence-corrected chi connectivity index (χ2v) is 8.21. The predicted molar refractivity (Wildman–Crippen MR) is 120 cm³/mol. The van der Waals surface area contributed by atoms with E-state index in [1.165, 1.54) is 6.07 Å². The first-order valence-electron chi connectivity index (χ1n) is 10.2. The van der Waals surface area contributed by atoms with Gasteiger partial charge in [0.2, 0.25) is 0 Å². The van der Waals surface area contributed by atoms with Gasteiger partial charge in [-0.3, -0.25) is 0 Å². The van der Waals surface area contributed by atoms with E-state index in [4.69, 9.17) is 16.3 Å². The lowest BCUT2D eigenvalue weighted by molar-refractivity contribution is 0.0695. The number of carbonyl (C=O) groups is 1. The molecule has 4 nitrogen and oxygen atoms in total. The van der Waals surface area contributed by atoms with Crippen molar-refractivity contribution >= 4 is 23.3 Å². The number of nitrogens with zero attached hydrogens (tertiary/aromatic N) is 1. The molecule has 0 unspecified atom stereocenters. The fourth-order valence-corrected chi connectivity index (χ4v) is 4.20. The number of benzene rings is 3. The van der Waals surface area contributed by atoms with Crippen LogP contribution >= 0.6 is 11.6 Å². The molecule has 0 fully saturated rings. The minimum absolute atomic E-state index is 0.0960. The van der Waals surface area contributed by atoms with Crippen LogP contribution < -0.4 is 9.64 Å². The Bertz CT molecular complexity index is 1130. The predicted octanol–water partition coefficient (Wildman–Crippen LogP) is 6.02. The SMILES string of the molecule is Cc1ccc(OCc2ccc(Cl)cc2F)c(CN2CCCc3c(C(=O)O)cccc32)c1. The van der Waals surface area contributed by atoms with Crippen LogP contribution in [0.5, 0.6) is 5.75 Å². The molecule has 6 heteroatoms. The van der Waals surface area contributed by atoms with Crippen LogP contribution in [0, 0.1) is 12.7 Å². The molecule has 0 amide bonds. The molecule has 3 aromatic carbocycles. The number of halogens is 2. The Labute approximate surface area is 185 Å². The van der Waals surface area contributed by atoms with Crippen molar-refractivity contribution in [1.29, 1.82) is 0 Å². The lowest BCUT2D eigenvalue weighted by Gasteiger charge is -2.32. The zero-order valence-corrected chi connectivity index (χ0v) is 18.0. The highest BCUT2D eigenvalue weighted by atomic mass is 35.5. The van der Waals surface area contributed by atoms with Crippen LogP contribution in [-0.2, 0) is 19.6 Å². The summed E-state index contributed by atoms with van der Waals surface area (Å²) in [7, 11) is 0. The minimum atomic E-state index is -0.900. The Kier molecular flexibility index (Phi) is 6.14. The van der Waals surface area contributed by atoms with Crippen LogP contribution in [0.4, 0.5) is 10.1 Å². The van der Waals surface area contributed by atoms with E-state index in [0.29, 0.717) is 28.4 Å². The van der Waals surface area contributed by atoms with Gasteiger partial charge in [-0.2, -0.15) is 0 Å². The van der Waals surface area contributed by atoms with E-state index in [-0.39, 0.29) is 6.61 Å². The molecule has 1 aliphatic rings. The maximum Gasteiger partial charge on any atom is 0.336 e. The minimum Gasteiger partial charge on any atom is -0.488 e. The van der Waals surface area contributed by atoms with Crippen molar-refractivity contribution in [1.82, 2.24) is 0 Å². The molecule has 1 aliphatic heterocycles. The Hall–Kier alpha value is -3.05. The molecule has 0 saturated heterocycles. The lowest BCUT2D eigenvalue weighted by atomic mass is 9.95. The number of aromatic carboxylic acids is 1. The average Bonchev–Trinajstić information content (AvgIpc) is 2.74. The number of hydrogen-bond acceptors (Lipinski definition) is 3. The van der Waals surface area contributed by atoms with E-state index >= 15 is 0 Å². The Morgan fingerprint density at radius 1 is 1.16 bits per heavy atom. The largest absolute Gasteiger partial charge is 0.488 e. The number of fused-ring (bicyclic) bond motifs is 1. The molecule has 4 rings (SSSR count). The van der Waals surface area contributed by atoms with Gasteiger partial charge in [-0.15, -0.1) is 0 Å². The van der Waals surface area contributed by atoms with Gasteiger partial charge in [-0.25, -0.2) is 9.18 Å². The van der Waals surface area contributed by atoms with Gasteiger partial charge in [0, 0.05) is 34.9 Å². The molecule has 0 aromatic heterocycles. The number of carboxylic acid groups (broad SMARTS) is 1. The Morgan fingerprint density at radius 2 is 2.00 bits per heavy atom. The normalized spacial score (nSPS) is 13.1. The molecule has 3 aromatic rings. The van der Waals surface area contributed by atoms with E-state index in [1.807, 2.05) is 25.1 Å². The smallest absolute Gasteiger partial charge is 0.336 e. The van der Waals surface area contributed by atoms with Crippen molar-refractivity contribution in [3.8, 4) is 5.75 Å². The standard InChI is InChI=1S/C25H23ClFNO3/c1-16-7-10-24(31-15-17-8-9-19(26)13-22(17)27)18(12-16)14-28-11-3-5-20-21(25(29)30)4-2-6-23(20)28/h2,4,6-10,12-13H,3,5,11,14-15H2,1H3,(H,29,30). The van der Waals surface area contributed by atoms with Gasteiger partial charge < -0.3 is 14.7 Å². The van der Waals surface area contributed by atoms with Crippen LogP contribution in [0.1, 0.15) is 39.0 Å². The maximum absolute atomic E-state index is 14.1. The first kappa shape index (κ1) is 21.2. The van der Waals surface area contributed by atoms with E-state index in [1.54, 1.807) is 24.3 Å². The van der Waals surface area contributed by atoms with Gasteiger partial charge in [-0.05, 0) is 55.7 Å². The van der Waals surface area contributed by atoms with Gasteiger partial charge in [0.25, 0.3) is 0 Å². The third-order valence-corrected chi connectivity index (χ3v) is 5.79. The first-order chi connectivity index (χ1) is 14.9. The van der Waals surface area contributed by atoms with E-state index in [2.05, 4.69) is 11.0 Å². The van der Waals surface area contributed by atoms with Crippen molar-refractivity contribution in [3.63, 3.8) is 0 Å². The van der Waals surface area contributed by atoms with Crippen LogP contribution in [0.2, 0.25) is 5.02 Å². The summed E-state index contributed by atoms with van der Waals surface area (Å²) in [6, 6.07) is 15.9. The molecule has 0 aliphatic carbocycles. The third-order valence-electron chi connectivity index (χ3n) is 5.55. The summed E-state index contributed by atoms with van der Waals surface area (Å²) in [6.07, 6.45) is 1.64. The third kappa shape index (κ3) is 4.67. The molecule has 0 spiro atoms. The van der Waals surface area contributed by atoms with Crippen LogP contribution in [-0.4, -0.2) is 17.6 Å². The van der Waals surface area contributed by atoms with E-state index < -0.39 is 11.8 Å². The second-order valence-electron chi connectivity index (χ2n) is 7.77. The molecule has 0 atom stereocenters. The van der Waals surface area contributed by atoms with E-state index in [0.717, 1.165) is 41.8 Å². The van der Waals surface area contributed by atoms with Crippen molar-refractivity contribution < 1.29 is 19.0 Å². The number of aryl methyl sites for hydroxylation is 1. The molecule has 0 radical (unpaired) electrons. The zero-order valence-electron chi connectivity index (χ0n) is 17.2. The van der Waals surface area contributed by atoms with Gasteiger partial charge >= 0.3 is 5.97 Å². The van der Waals surface area contributed by atoms with Crippen molar-refractivity contribution in [3.05, 3.63) is 93.3 Å². The highest BCUT2D eigenvalue weighted by molar-refractivity contribution is 6.30. The number of rotatable bonds is 6. The quantitative estimate of drug-likeness (QED) is 0.510. The molecular formula is C25H23ClFNO3. The maximum atomic E-state index is 14.1. The lowest BCUT2D eigenvalue weighted by Crippen LogP contribution is -2.30. The summed E-state index contributed by atoms with van der Waals surface area (Å²) < 4.78 is 20.1. The Balaban J connectivity index is 1.59. The van der Waals surface area contributed by atoms with Crippen LogP contribution in [0.25, 0.3) is 0 Å². The molecular weight excluding hydrogens is 417 g/mol. The summed E-state index contributed by atoms with van der Waals surface area (Å²) in [5.41, 5.74) is 4.69. The van der Waals surface area contributed by atoms with Gasteiger partial charge in [0.15, 0.2) is 0 Å². The summed E-state index contributed by atoms with van der Waals surface area (Å²) in [4.78, 5) is 13.8. The number of hydrogen-bond donors (Lipinski definition) is 1. The highest BCUT2D eigenvalue weighted by Gasteiger charge is 2.23. The molecule has 31 heavy (non-hydrogen) atoms. The van der Waals surface area contributed by atoms with Crippen LogP contribution in [0.3, 0.4) is 0 Å². The van der Waals surface area contributed by atoms with Crippen molar-refractivity contribution in [2.75, 3.05) is 11.4 Å². The second kappa shape index (κ2) is 8.98. The summed E-state index contributed by atoms with van der Waals surface area (Å²) in [5, 5.41) is 9.89. The van der Waals surface area contributed by atoms with Crippen molar-refractivity contribution in [2.45, 2.75) is 32.9 Å². The summed E-state index contributed by atoms with van der Waals surface area (Å²) in [6.45, 7) is 3.52. The van der Waals surface area contributed by atoms with Gasteiger partial charge in [0.1, 0.15) is 18.2 Å². The number of carboxylic acids is 1. The van der Waals surface area contributed by atoms with Gasteiger partial charge in [0.05, 0.1) is 5.56 Å². The molecule has 0 saturated carbocycles. The number of anilines is 1. The summed E-state index contributed by atoms with van der Waals surface area (Å²) >= 11 is 5.83. The van der Waals surface area contributed by atoms with E-state index in [9.17, 15) is 14.3 Å². The highest BCUT2D eigenvalue weighted by Crippen LogP contribution is 2.33. The molecule has 1 heterocycles. The average molecular weight is 440 g/mol. The fourth-order valence-electron chi connectivity index (χ4n) is 4.04. The van der Waals surface area contributed by atoms with Crippen molar-refractivity contribution in [2.24, 2.45) is 0 Å². The monoisotopic (exact) mass is 439 g/mol.